The van der Waals surface area contributed by atoms with Crippen LogP contribution in [0.4, 0.5) is 0 Å². The Morgan fingerprint density at radius 3 is 1.93 bits per heavy atom. The Kier molecular flexibility index (Phi) is 5.61. The quantitative estimate of drug-likeness (QED) is 0.683. The lowest BCUT2D eigenvalue weighted by Crippen LogP contribution is -2.91. The number of piperidine rings is 1. The van der Waals surface area contributed by atoms with Crippen molar-refractivity contribution in [2.75, 3.05) is 0 Å². The first kappa shape index (κ1) is 18.9. The summed E-state index contributed by atoms with van der Waals surface area (Å²) in [5.41, 5.74) is 3.08. The molecule has 1 saturated heterocycles. The Bertz CT molecular complexity index is 865. The molecule has 1 aliphatic heterocycles. The van der Waals surface area contributed by atoms with Gasteiger partial charge >= 0.3 is 0 Å². The summed E-state index contributed by atoms with van der Waals surface area (Å²) < 4.78 is 0. The minimum atomic E-state index is -0.730. The molecule has 1 fully saturated rings. The van der Waals surface area contributed by atoms with Crippen LogP contribution in [0.25, 0.3) is 0 Å². The monoisotopic (exact) mass is 372 g/mol. The molecule has 1 heterocycles. The van der Waals surface area contributed by atoms with Crippen molar-refractivity contribution in [3.05, 3.63) is 108 Å². The Morgan fingerprint density at radius 2 is 1.36 bits per heavy atom. The van der Waals surface area contributed by atoms with Gasteiger partial charge in [-0.1, -0.05) is 97.9 Å². The van der Waals surface area contributed by atoms with Gasteiger partial charge in [-0.3, -0.25) is 0 Å². The van der Waals surface area contributed by atoms with Crippen LogP contribution in [0.3, 0.4) is 0 Å². The molecule has 4 atom stereocenters. The van der Waals surface area contributed by atoms with Crippen molar-refractivity contribution in [2.24, 2.45) is 5.92 Å². The molecule has 0 aromatic heterocycles. The summed E-state index contributed by atoms with van der Waals surface area (Å²) in [6.45, 7) is 2.22. The number of nitrogens with two attached hydrogens (primary N) is 1. The summed E-state index contributed by atoms with van der Waals surface area (Å²) in [5, 5.41) is 14.5. The molecule has 4 rings (SSSR count). The largest absolute Gasteiger partial charge is 0.389 e. The minimum absolute atomic E-state index is 0.204. The van der Waals surface area contributed by atoms with Gasteiger partial charge in [0.2, 0.25) is 0 Å². The van der Waals surface area contributed by atoms with E-state index in [0.29, 0.717) is 6.42 Å². The van der Waals surface area contributed by atoms with Gasteiger partial charge < -0.3 is 10.4 Å². The highest BCUT2D eigenvalue weighted by Crippen LogP contribution is 2.42. The molecule has 0 spiro atoms. The molecule has 0 unspecified atom stereocenters. The second-order valence-corrected chi connectivity index (χ2v) is 8.13. The van der Waals surface area contributed by atoms with E-state index in [2.05, 4.69) is 97.2 Å². The lowest BCUT2D eigenvalue weighted by molar-refractivity contribution is -0.757. The number of hydrogen-bond acceptors (Lipinski definition) is 1. The predicted molar refractivity (Wildman–Crippen MR) is 114 cm³/mol. The highest BCUT2D eigenvalue weighted by Gasteiger charge is 2.50. The third-order valence-electron chi connectivity index (χ3n) is 6.34. The lowest BCUT2D eigenvalue weighted by Gasteiger charge is -2.46. The van der Waals surface area contributed by atoms with Gasteiger partial charge in [-0.15, -0.1) is 0 Å². The average molecular weight is 373 g/mol. The van der Waals surface area contributed by atoms with E-state index in [9.17, 15) is 5.11 Å². The van der Waals surface area contributed by atoms with Gasteiger partial charge in [-0.05, 0) is 12.0 Å². The third-order valence-corrected chi connectivity index (χ3v) is 6.34. The first-order valence-electron chi connectivity index (χ1n) is 10.4. The van der Waals surface area contributed by atoms with Gasteiger partial charge in [-0.25, -0.2) is 0 Å². The van der Waals surface area contributed by atoms with Crippen LogP contribution in [0.5, 0.6) is 0 Å². The molecule has 0 bridgehead atoms. The molecule has 3 aromatic rings. The second kappa shape index (κ2) is 8.30. The van der Waals surface area contributed by atoms with E-state index in [1.165, 1.54) is 16.7 Å². The number of benzene rings is 3. The smallest absolute Gasteiger partial charge is 0.118 e. The SMILES string of the molecule is CC[C@H]1[C@H](c2ccccc2)[NH2+][C@H](c2ccccc2)C[C@]1(O)Cc1ccccc1. The molecule has 3 N–H and O–H groups in total. The topological polar surface area (TPSA) is 36.8 Å². The van der Waals surface area contributed by atoms with Crippen molar-refractivity contribution >= 4 is 0 Å². The van der Waals surface area contributed by atoms with Gasteiger partial charge in [0.15, 0.2) is 0 Å². The lowest BCUT2D eigenvalue weighted by atomic mass is 9.67. The zero-order valence-corrected chi connectivity index (χ0v) is 16.5. The maximum atomic E-state index is 12.0. The van der Waals surface area contributed by atoms with E-state index in [-0.39, 0.29) is 18.0 Å². The first-order chi connectivity index (χ1) is 13.7. The van der Waals surface area contributed by atoms with E-state index in [1.54, 1.807) is 0 Å². The molecule has 2 heteroatoms. The number of rotatable bonds is 5. The molecule has 1 aliphatic rings. The fourth-order valence-corrected chi connectivity index (χ4v) is 5.05. The molecule has 28 heavy (non-hydrogen) atoms. The first-order valence-corrected chi connectivity index (χ1v) is 10.4. The van der Waals surface area contributed by atoms with E-state index < -0.39 is 5.60 Å². The molecule has 0 saturated carbocycles. The van der Waals surface area contributed by atoms with Crippen LogP contribution in [0, 0.1) is 5.92 Å². The Labute approximate surface area is 168 Å². The van der Waals surface area contributed by atoms with E-state index in [1.807, 2.05) is 6.07 Å². The van der Waals surface area contributed by atoms with Crippen molar-refractivity contribution in [1.29, 1.82) is 0 Å². The third kappa shape index (κ3) is 3.89. The maximum absolute atomic E-state index is 12.0. The van der Waals surface area contributed by atoms with E-state index in [4.69, 9.17) is 0 Å². The van der Waals surface area contributed by atoms with Gasteiger partial charge in [0.25, 0.3) is 0 Å². The highest BCUT2D eigenvalue weighted by molar-refractivity contribution is 5.25. The van der Waals surface area contributed by atoms with Gasteiger partial charge in [0.1, 0.15) is 12.1 Å². The molecular weight excluding hydrogens is 342 g/mol. The maximum Gasteiger partial charge on any atom is 0.118 e. The summed E-state index contributed by atoms with van der Waals surface area (Å²) in [4.78, 5) is 0. The molecule has 0 amide bonds. The molecule has 2 nitrogen and oxygen atoms in total. The molecular formula is C26H30NO+. The zero-order valence-electron chi connectivity index (χ0n) is 16.5. The van der Waals surface area contributed by atoms with Crippen LogP contribution in [0.1, 0.15) is 48.5 Å². The highest BCUT2D eigenvalue weighted by atomic mass is 16.3. The summed E-state index contributed by atoms with van der Waals surface area (Å²) in [6, 6.07) is 32.3. The molecule has 3 aromatic carbocycles. The van der Waals surface area contributed by atoms with Gasteiger partial charge in [-0.2, -0.15) is 0 Å². The average Bonchev–Trinajstić information content (AvgIpc) is 2.75. The predicted octanol–water partition coefficient (Wildman–Crippen LogP) is 4.44. The number of hydrogen-bond donors (Lipinski definition) is 2. The van der Waals surface area contributed by atoms with Crippen molar-refractivity contribution in [2.45, 2.75) is 43.9 Å². The van der Waals surface area contributed by atoms with Crippen LogP contribution in [0.2, 0.25) is 0 Å². The zero-order chi connectivity index (χ0) is 19.4. The van der Waals surface area contributed by atoms with Crippen LogP contribution in [-0.2, 0) is 6.42 Å². The van der Waals surface area contributed by atoms with Crippen LogP contribution in [0.15, 0.2) is 91.0 Å². The van der Waals surface area contributed by atoms with Crippen LogP contribution in [-0.4, -0.2) is 10.7 Å². The van der Waals surface area contributed by atoms with Crippen molar-refractivity contribution in [1.82, 2.24) is 0 Å². The Morgan fingerprint density at radius 1 is 0.821 bits per heavy atom. The van der Waals surface area contributed by atoms with Gasteiger partial charge in [0.05, 0.1) is 5.60 Å². The van der Waals surface area contributed by atoms with E-state index in [0.717, 1.165) is 12.8 Å². The summed E-state index contributed by atoms with van der Waals surface area (Å²) in [5.74, 6) is 0.204. The summed E-state index contributed by atoms with van der Waals surface area (Å²) >= 11 is 0. The van der Waals surface area contributed by atoms with Crippen molar-refractivity contribution in [3.8, 4) is 0 Å². The van der Waals surface area contributed by atoms with E-state index >= 15 is 0 Å². The van der Waals surface area contributed by atoms with Crippen molar-refractivity contribution in [3.63, 3.8) is 0 Å². The fraction of sp³-hybridized carbons (Fsp3) is 0.308. The Hall–Kier alpha value is -2.42. The summed E-state index contributed by atoms with van der Waals surface area (Å²) in [7, 11) is 0. The second-order valence-electron chi connectivity index (χ2n) is 8.13. The van der Waals surface area contributed by atoms with Gasteiger partial charge in [0, 0.05) is 29.9 Å². The fourth-order valence-electron chi connectivity index (χ4n) is 5.05. The molecule has 0 aliphatic carbocycles. The van der Waals surface area contributed by atoms with Crippen LogP contribution < -0.4 is 5.32 Å². The molecule has 0 radical (unpaired) electrons. The van der Waals surface area contributed by atoms with Crippen LogP contribution >= 0.6 is 0 Å². The normalized spacial score (nSPS) is 27.4. The molecule has 144 valence electrons. The minimum Gasteiger partial charge on any atom is -0.389 e. The van der Waals surface area contributed by atoms with Crippen molar-refractivity contribution < 1.29 is 10.4 Å². The summed E-state index contributed by atoms with van der Waals surface area (Å²) in [6.07, 6.45) is 2.43. The Balaban J connectivity index is 1.73. The standard InChI is InChI=1S/C26H29NO/c1-2-23-25(22-16-10-5-11-17-22)27-24(21-14-8-4-9-15-21)19-26(23,28)18-20-12-6-3-7-13-20/h3-17,23-25,27-28H,2,18-19H2,1H3/p+1/t23-,24-,25-,26+/m0/s1. The number of aliphatic hydroxyl groups is 1. The number of quaternary nitrogens is 1.